The van der Waals surface area contributed by atoms with Gasteiger partial charge in [-0.1, -0.05) is 80.1 Å². The second-order valence-electron chi connectivity index (χ2n) is 48.4. The first-order valence-corrected chi connectivity index (χ1v) is 51.0. The van der Waals surface area contributed by atoms with Gasteiger partial charge in [0.05, 0.1) is 0 Å². The second kappa shape index (κ2) is 41.6. The summed E-state index contributed by atoms with van der Waals surface area (Å²) in [7, 11) is 16.3. The fourth-order valence-corrected chi connectivity index (χ4v) is 24.0. The van der Waals surface area contributed by atoms with Crippen molar-refractivity contribution in [2.45, 2.75) is 490 Å². The quantitative estimate of drug-likeness (QED) is 0.0510. The van der Waals surface area contributed by atoms with E-state index in [1.54, 1.807) is 0 Å². The Bertz CT molecular complexity index is 3390. The molecule has 0 amide bonds. The Balaban J connectivity index is 1.16. The fraction of sp³-hybridized carbons (Fsp3) is 0.912. The molecule has 2 N–H and O–H groups in total. The molecular weight excluding hydrogens is 1560 g/mol. The van der Waals surface area contributed by atoms with Gasteiger partial charge >= 0.3 is 0 Å². The average Bonchev–Trinajstić information content (AvgIpc) is 0.770. The first kappa shape index (κ1) is 105. The smallest absolute Gasteiger partial charge is 0.232 e. The van der Waals surface area contributed by atoms with Crippen molar-refractivity contribution < 1.29 is 0 Å². The minimum Gasteiger partial charge on any atom is -0.354 e. The predicted octanol–water partition coefficient (Wildman–Crippen LogP) is 20.6. The molecule has 6 aliphatic rings. The zero-order chi connectivity index (χ0) is 93.7. The molecule has 0 aliphatic carbocycles. The topological polar surface area (TPSA) is 182 Å². The van der Waals surface area contributed by atoms with Crippen LogP contribution in [-0.2, 0) is 0 Å². The van der Waals surface area contributed by atoms with Crippen molar-refractivity contribution in [3.05, 3.63) is 0 Å². The lowest BCUT2D eigenvalue weighted by atomic mass is 9.77. The lowest BCUT2D eigenvalue weighted by molar-refractivity contribution is -0.0135. The van der Waals surface area contributed by atoms with Crippen LogP contribution >= 0.6 is 0 Å². The Kier molecular flexibility index (Phi) is 34.6. The van der Waals surface area contributed by atoms with Gasteiger partial charge in [0.1, 0.15) is 0 Å². The summed E-state index contributed by atoms with van der Waals surface area (Å²) >= 11 is 0. The van der Waals surface area contributed by atoms with Gasteiger partial charge in [-0.05, 0) is 356 Å². The van der Waals surface area contributed by atoms with E-state index in [1.807, 2.05) is 0 Å². The van der Waals surface area contributed by atoms with Crippen LogP contribution in [-0.4, -0.2) is 285 Å². The van der Waals surface area contributed by atoms with Crippen LogP contribution in [0.3, 0.4) is 0 Å². The van der Waals surface area contributed by atoms with Gasteiger partial charge in [-0.25, -0.2) is 0 Å². The van der Waals surface area contributed by atoms with E-state index >= 15 is 0 Å². The Morgan fingerprint density at radius 3 is 0.579 bits per heavy atom. The number of likely N-dealkylation sites (tertiary alicyclic amines) is 6. The number of hydrogen-bond acceptors (Lipinski definition) is 24. The maximum atomic E-state index is 5.86. The molecule has 0 aromatic carbocycles. The zero-order valence-corrected chi connectivity index (χ0v) is 88.5. The van der Waals surface area contributed by atoms with E-state index in [2.05, 4.69) is 331 Å². The van der Waals surface area contributed by atoms with Gasteiger partial charge in [0.15, 0.2) is 0 Å². The summed E-state index contributed by atoms with van der Waals surface area (Å²) in [4.78, 5) is 85.5. The largest absolute Gasteiger partial charge is 0.354 e. The zero-order valence-electron chi connectivity index (χ0n) is 88.5. The van der Waals surface area contributed by atoms with Crippen LogP contribution in [0.15, 0.2) is 0 Å². The van der Waals surface area contributed by atoms with Crippen LogP contribution in [0.1, 0.15) is 387 Å². The van der Waals surface area contributed by atoms with Gasteiger partial charge in [-0.3, -0.25) is 29.4 Å². The highest BCUT2D eigenvalue weighted by molar-refractivity contribution is 5.51. The Morgan fingerprint density at radius 2 is 0.413 bits per heavy atom. The van der Waals surface area contributed by atoms with E-state index in [0.717, 1.165) is 267 Å². The highest BCUT2D eigenvalue weighted by atomic mass is 15.4. The number of unbranched alkanes of at least 4 members (excludes halogenated alkanes) is 6. The van der Waals surface area contributed by atoms with Crippen molar-refractivity contribution in [1.82, 2.24) is 74.3 Å². The molecule has 9 heterocycles. The van der Waals surface area contributed by atoms with Crippen molar-refractivity contribution >= 4 is 53.5 Å². The lowest BCUT2D eigenvalue weighted by Crippen LogP contribution is -2.63. The summed E-state index contributed by atoms with van der Waals surface area (Å²) in [6.45, 7) is 79.9. The number of nitrogens with zero attached hydrogens (tertiary/aromatic N) is 22. The molecule has 126 heavy (non-hydrogen) atoms. The van der Waals surface area contributed by atoms with Crippen molar-refractivity contribution in [2.24, 2.45) is 5.92 Å². The first-order valence-electron chi connectivity index (χ1n) is 51.0. The molecule has 0 atom stereocenters. The standard InChI is InChI=1S/C102H194N24/c1-38-44-56-121(76-62-91(7,8)115(32)92(9,10)63-76)85-105-82(106-86(111-85)122(57-45-39-2)77-64-93(11,12)116(33)94(13,14)65-77)103-54-50-52-75(74-114(31)84-109-89(125(60-48-42-5)80-70-99(23,24)119(36)100(25,26)71-80)113-90(110-84)126(61-49-43-6)81-72-101(27,28)120(37)102(29,30)73-81)53-51-55-104-83-107-87(123(58-46-40-3)78-66-95(15,16)117(34)96(17,18)67-78)112-88(108-83)124(59-47-41-4)79-68-97(19,20)118(35)98(21,22)69-79/h75-81H,38-74H2,1-37H3,(H,103,105,106,111)(H,104,107,108,112). The molecule has 6 aliphatic heterocycles. The van der Waals surface area contributed by atoms with Crippen LogP contribution in [0.25, 0.3) is 0 Å². The third-order valence-electron chi connectivity index (χ3n) is 33.3. The number of piperidine rings is 6. The molecule has 0 saturated carbocycles. The first-order chi connectivity index (χ1) is 58.5. The predicted molar refractivity (Wildman–Crippen MR) is 539 cm³/mol. The number of hydrogen-bond donors (Lipinski definition) is 2. The van der Waals surface area contributed by atoms with E-state index in [1.165, 1.54) is 0 Å². The summed E-state index contributed by atoms with van der Waals surface area (Å²) in [5.74, 6) is 7.23. The van der Waals surface area contributed by atoms with E-state index in [9.17, 15) is 0 Å². The van der Waals surface area contributed by atoms with E-state index in [4.69, 9.17) is 44.9 Å². The van der Waals surface area contributed by atoms with Gasteiger partial charge in [0, 0.05) is 169 Å². The molecule has 24 heteroatoms. The van der Waals surface area contributed by atoms with Gasteiger partial charge in [-0.2, -0.15) is 44.9 Å². The number of anilines is 9. The summed E-state index contributed by atoms with van der Waals surface area (Å²) < 4.78 is 0. The molecule has 3 aromatic heterocycles. The molecule has 722 valence electrons. The minimum atomic E-state index is -0.0383. The monoisotopic (exact) mass is 1760 g/mol. The molecule has 6 fully saturated rings. The maximum Gasteiger partial charge on any atom is 0.232 e. The molecule has 24 nitrogen and oxygen atoms in total. The Hall–Kier alpha value is -5.01. The van der Waals surface area contributed by atoms with Gasteiger partial charge in [0.2, 0.25) is 53.5 Å². The summed E-state index contributed by atoms with van der Waals surface area (Å²) in [6, 6.07) is 1.47. The number of aromatic nitrogens is 9. The molecule has 9 rings (SSSR count). The van der Waals surface area contributed by atoms with Crippen molar-refractivity contribution in [3.8, 4) is 0 Å². The number of rotatable bonds is 43. The Morgan fingerprint density at radius 1 is 0.254 bits per heavy atom. The van der Waals surface area contributed by atoms with Crippen LogP contribution in [0.5, 0.6) is 0 Å². The normalized spacial score (nSPS) is 23.0. The van der Waals surface area contributed by atoms with Crippen LogP contribution < -0.4 is 44.9 Å². The van der Waals surface area contributed by atoms with E-state index in [-0.39, 0.29) is 109 Å². The van der Waals surface area contributed by atoms with E-state index < -0.39 is 0 Å². The maximum absolute atomic E-state index is 5.86. The molecule has 0 bridgehead atoms. The fourth-order valence-electron chi connectivity index (χ4n) is 24.0. The van der Waals surface area contributed by atoms with Gasteiger partial charge < -0.3 is 44.9 Å². The molecule has 0 unspecified atom stereocenters. The van der Waals surface area contributed by atoms with E-state index in [0.29, 0.717) is 25.0 Å². The van der Waals surface area contributed by atoms with Crippen molar-refractivity contribution in [1.29, 1.82) is 0 Å². The van der Waals surface area contributed by atoms with Gasteiger partial charge in [0.25, 0.3) is 0 Å². The third-order valence-corrected chi connectivity index (χ3v) is 33.3. The van der Waals surface area contributed by atoms with Gasteiger partial charge in [-0.15, -0.1) is 0 Å². The summed E-state index contributed by atoms with van der Waals surface area (Å²) in [5.41, 5.74) is -0.353. The van der Waals surface area contributed by atoms with Crippen molar-refractivity contribution in [3.63, 3.8) is 0 Å². The SMILES string of the molecule is CCCCN(c1nc(NCCCC(CCCNc2nc(N(CCCC)C3CC(C)(C)N(C)C(C)(C)C3)nc(N(CCCC)C3CC(C)(C)N(C)C(C)(C)C3)n2)CN(C)c2nc(N(CCCC)C3CC(C)(C)N(C)C(C)(C)C3)nc(N(CCCC)C3CC(C)(C)N(C)C(C)(C)C3)n2)nc(N(CCCC)C2CC(C)(C)N(C)C(C)(C)C2)n1)C1CC(C)(C)N(C)C(C)(C)C1. The molecule has 6 saturated heterocycles. The lowest BCUT2D eigenvalue weighted by Gasteiger charge is -2.56. The molecule has 0 radical (unpaired) electrons. The van der Waals surface area contributed by atoms with Crippen LogP contribution in [0.4, 0.5) is 53.5 Å². The second-order valence-corrected chi connectivity index (χ2v) is 48.4. The third kappa shape index (κ3) is 25.1. The number of nitrogens with one attached hydrogen (secondary N) is 2. The van der Waals surface area contributed by atoms with Crippen LogP contribution in [0.2, 0.25) is 0 Å². The molecule has 3 aromatic rings. The van der Waals surface area contributed by atoms with Crippen molar-refractivity contribution in [2.75, 3.05) is 153 Å². The highest BCUT2D eigenvalue weighted by Crippen LogP contribution is 2.48. The summed E-state index contributed by atoms with van der Waals surface area (Å²) in [6.07, 6.45) is 28.8. The summed E-state index contributed by atoms with van der Waals surface area (Å²) in [5, 5.41) is 8.01. The minimum absolute atomic E-state index is 0.0249. The Labute approximate surface area is 772 Å². The molecular formula is C102H194N24. The molecule has 0 spiro atoms. The van der Waals surface area contributed by atoms with Crippen LogP contribution in [0, 0.1) is 5.92 Å². The highest BCUT2D eigenvalue weighted by Gasteiger charge is 2.53. The average molecular weight is 1760 g/mol.